The Kier molecular flexibility index (Phi) is 3.97. The molecule has 106 valence electrons. The van der Waals surface area contributed by atoms with E-state index >= 15 is 0 Å². The van der Waals surface area contributed by atoms with Gasteiger partial charge in [-0.1, -0.05) is 43.2 Å². The van der Waals surface area contributed by atoms with Gasteiger partial charge in [-0.3, -0.25) is 0 Å². The number of aromatic nitrogens is 1. The lowest BCUT2D eigenvalue weighted by atomic mass is 9.68. The van der Waals surface area contributed by atoms with Gasteiger partial charge in [0.15, 0.2) is 0 Å². The van der Waals surface area contributed by atoms with Gasteiger partial charge in [0, 0.05) is 22.9 Å². The second-order valence-electron chi connectivity index (χ2n) is 5.20. The number of hydrogen-bond donors (Lipinski definition) is 2. The van der Waals surface area contributed by atoms with Crippen molar-refractivity contribution >= 4 is 23.4 Å². The maximum absolute atomic E-state index is 9.67. The van der Waals surface area contributed by atoms with E-state index in [9.17, 15) is 5.02 Å². The van der Waals surface area contributed by atoms with E-state index in [1.165, 1.54) is 5.56 Å². The Balaban J connectivity index is 1.74. The molecule has 0 amide bonds. The summed E-state index contributed by atoms with van der Waals surface area (Å²) in [5, 5.41) is 10.7. The summed E-state index contributed by atoms with van der Waals surface area (Å²) in [5.74, 6) is 0.853. The second-order valence-corrected chi connectivity index (χ2v) is 5.20. The first-order valence-corrected chi connectivity index (χ1v) is 7.20. The molecular formula is C17H18BNO2. The summed E-state index contributed by atoms with van der Waals surface area (Å²) in [5.41, 5.74) is 3.07. The Morgan fingerprint density at radius 3 is 2.67 bits per heavy atom. The summed E-state index contributed by atoms with van der Waals surface area (Å²) in [4.78, 5) is 3.21. The molecule has 0 spiro atoms. The Morgan fingerprint density at radius 2 is 1.90 bits per heavy atom. The third-order valence-corrected chi connectivity index (χ3v) is 3.59. The first-order chi connectivity index (χ1) is 10.2. The van der Waals surface area contributed by atoms with Crippen molar-refractivity contribution in [1.82, 2.24) is 4.98 Å². The van der Waals surface area contributed by atoms with Crippen LogP contribution in [0.4, 0.5) is 0 Å². The molecule has 1 heterocycles. The predicted molar refractivity (Wildman–Crippen MR) is 87.4 cm³/mol. The normalized spacial score (nSPS) is 10.8. The highest BCUT2D eigenvalue weighted by atomic mass is 16.5. The maximum atomic E-state index is 9.67. The summed E-state index contributed by atoms with van der Waals surface area (Å²) in [6, 6.07) is 18.2. The van der Waals surface area contributed by atoms with Crippen molar-refractivity contribution in [2.75, 3.05) is 6.61 Å². The fraction of sp³-hybridized carbons (Fsp3) is 0.176. The SMILES string of the molecule is CB(O)c1cc2c(OCCc3ccccc3)cccc2[nH]1. The largest absolute Gasteiger partial charge is 0.493 e. The average molecular weight is 279 g/mol. The minimum Gasteiger partial charge on any atom is -0.493 e. The highest BCUT2D eigenvalue weighted by Gasteiger charge is 2.12. The van der Waals surface area contributed by atoms with Crippen LogP contribution in [-0.2, 0) is 6.42 Å². The van der Waals surface area contributed by atoms with Crippen molar-refractivity contribution in [3.05, 3.63) is 60.2 Å². The van der Waals surface area contributed by atoms with Gasteiger partial charge in [-0.15, -0.1) is 0 Å². The monoisotopic (exact) mass is 279 g/mol. The number of rotatable bonds is 5. The van der Waals surface area contributed by atoms with Crippen LogP contribution in [0.5, 0.6) is 5.75 Å². The molecular weight excluding hydrogens is 261 g/mol. The third-order valence-electron chi connectivity index (χ3n) is 3.59. The van der Waals surface area contributed by atoms with Crippen LogP contribution in [0.3, 0.4) is 0 Å². The van der Waals surface area contributed by atoms with E-state index in [2.05, 4.69) is 17.1 Å². The molecule has 0 aliphatic heterocycles. The zero-order valence-corrected chi connectivity index (χ0v) is 12.0. The van der Waals surface area contributed by atoms with Crippen LogP contribution in [0.2, 0.25) is 6.82 Å². The number of H-pyrrole nitrogens is 1. The second kappa shape index (κ2) is 6.06. The molecule has 0 radical (unpaired) electrons. The van der Waals surface area contributed by atoms with Gasteiger partial charge >= 0.3 is 6.92 Å². The van der Waals surface area contributed by atoms with E-state index in [-0.39, 0.29) is 0 Å². The van der Waals surface area contributed by atoms with Gasteiger partial charge in [0.2, 0.25) is 0 Å². The number of nitrogens with one attached hydrogen (secondary N) is 1. The lowest BCUT2D eigenvalue weighted by Crippen LogP contribution is -2.26. The first kappa shape index (κ1) is 13.8. The highest BCUT2D eigenvalue weighted by molar-refractivity contribution is 6.64. The number of ether oxygens (including phenoxy) is 1. The fourth-order valence-electron chi connectivity index (χ4n) is 2.42. The van der Waals surface area contributed by atoms with Crippen molar-refractivity contribution in [2.24, 2.45) is 0 Å². The quantitative estimate of drug-likeness (QED) is 0.705. The average Bonchev–Trinajstić information content (AvgIpc) is 2.94. The van der Waals surface area contributed by atoms with Crippen molar-refractivity contribution in [3.8, 4) is 5.75 Å². The molecule has 3 rings (SSSR count). The summed E-state index contributed by atoms with van der Waals surface area (Å²) in [6.45, 7) is 1.88. The van der Waals surface area contributed by atoms with Crippen LogP contribution < -0.4 is 10.3 Å². The molecule has 2 aromatic carbocycles. The van der Waals surface area contributed by atoms with Crippen LogP contribution in [0, 0.1) is 0 Å². The van der Waals surface area contributed by atoms with Crippen molar-refractivity contribution in [3.63, 3.8) is 0 Å². The lowest BCUT2D eigenvalue weighted by Gasteiger charge is -2.07. The van der Waals surface area contributed by atoms with Crippen molar-refractivity contribution in [1.29, 1.82) is 0 Å². The van der Waals surface area contributed by atoms with Gasteiger partial charge in [-0.25, -0.2) is 0 Å². The fourth-order valence-corrected chi connectivity index (χ4v) is 2.42. The van der Waals surface area contributed by atoms with Gasteiger partial charge in [-0.2, -0.15) is 0 Å². The van der Waals surface area contributed by atoms with Crippen LogP contribution in [0.25, 0.3) is 10.9 Å². The number of fused-ring (bicyclic) bond motifs is 1. The summed E-state index contributed by atoms with van der Waals surface area (Å²) >= 11 is 0. The Morgan fingerprint density at radius 1 is 1.10 bits per heavy atom. The molecule has 21 heavy (non-hydrogen) atoms. The minimum absolute atomic E-state index is 0.505. The smallest absolute Gasteiger partial charge is 0.337 e. The topological polar surface area (TPSA) is 45.2 Å². The molecule has 0 unspecified atom stereocenters. The molecule has 2 N–H and O–H groups in total. The maximum Gasteiger partial charge on any atom is 0.337 e. The molecule has 0 aliphatic rings. The summed E-state index contributed by atoms with van der Waals surface area (Å²) in [6.07, 6.45) is 0.880. The van der Waals surface area contributed by atoms with E-state index < -0.39 is 6.92 Å². The summed E-state index contributed by atoms with van der Waals surface area (Å²) < 4.78 is 5.91. The first-order valence-electron chi connectivity index (χ1n) is 7.20. The third kappa shape index (κ3) is 3.11. The Hall–Kier alpha value is -2.20. The van der Waals surface area contributed by atoms with Gasteiger partial charge in [0.1, 0.15) is 5.75 Å². The van der Waals surface area contributed by atoms with Crippen molar-refractivity contribution < 1.29 is 9.76 Å². The highest BCUT2D eigenvalue weighted by Crippen LogP contribution is 2.24. The van der Waals surface area contributed by atoms with E-state index in [4.69, 9.17) is 4.74 Å². The standard InChI is InChI=1S/C17H18BNO2/c1-18(20)17-12-14-15(19-17)8-5-9-16(14)21-11-10-13-6-3-2-4-7-13/h2-9,12,19-20H,10-11H2,1H3. The van der Waals surface area contributed by atoms with Crippen LogP contribution in [0.1, 0.15) is 5.56 Å². The van der Waals surface area contributed by atoms with E-state index in [0.717, 1.165) is 28.7 Å². The van der Waals surface area contributed by atoms with Crippen LogP contribution in [0.15, 0.2) is 54.6 Å². The van der Waals surface area contributed by atoms with Gasteiger partial charge < -0.3 is 14.7 Å². The Labute approximate surface area is 124 Å². The molecule has 0 bridgehead atoms. The molecule has 4 heteroatoms. The lowest BCUT2D eigenvalue weighted by molar-refractivity contribution is 0.326. The molecule has 3 nitrogen and oxygen atoms in total. The molecule has 0 saturated carbocycles. The van der Waals surface area contributed by atoms with Crippen molar-refractivity contribution in [2.45, 2.75) is 13.2 Å². The molecule has 0 atom stereocenters. The van der Waals surface area contributed by atoms with E-state index in [1.807, 2.05) is 42.5 Å². The van der Waals surface area contributed by atoms with E-state index in [0.29, 0.717) is 6.61 Å². The van der Waals surface area contributed by atoms with Gasteiger partial charge in [-0.05, 0) is 23.8 Å². The molecule has 0 fully saturated rings. The van der Waals surface area contributed by atoms with Crippen LogP contribution >= 0.6 is 0 Å². The predicted octanol–water partition coefficient (Wildman–Crippen LogP) is 2.61. The molecule has 1 aromatic heterocycles. The molecule has 3 aromatic rings. The number of hydrogen-bond acceptors (Lipinski definition) is 2. The Bertz CT molecular complexity index is 722. The van der Waals surface area contributed by atoms with Crippen LogP contribution in [-0.4, -0.2) is 23.5 Å². The zero-order valence-electron chi connectivity index (χ0n) is 12.0. The zero-order chi connectivity index (χ0) is 14.7. The summed E-state index contributed by atoms with van der Waals surface area (Å²) in [7, 11) is 0. The van der Waals surface area contributed by atoms with Gasteiger partial charge in [0.05, 0.1) is 6.61 Å². The molecule has 0 aliphatic carbocycles. The van der Waals surface area contributed by atoms with Gasteiger partial charge in [0.25, 0.3) is 0 Å². The van der Waals surface area contributed by atoms with E-state index in [1.54, 1.807) is 6.82 Å². The molecule has 0 saturated heterocycles. The number of aromatic amines is 1. The number of benzene rings is 2. The minimum atomic E-state index is -0.505.